The van der Waals surface area contributed by atoms with Gasteiger partial charge in [0.2, 0.25) is 5.82 Å². The molecule has 2 rings (SSSR count). The van der Waals surface area contributed by atoms with Gasteiger partial charge in [-0.3, -0.25) is 0 Å². The van der Waals surface area contributed by atoms with E-state index in [1.807, 2.05) is 13.8 Å². The Bertz CT molecular complexity index is 762. The van der Waals surface area contributed by atoms with Gasteiger partial charge in [-0.25, -0.2) is 9.97 Å². The number of aromatic nitrogens is 4. The average Bonchev–Trinajstić information content (AvgIpc) is 2.78. The summed E-state index contributed by atoms with van der Waals surface area (Å²) in [7, 11) is 5.32. The molecule has 21 heavy (non-hydrogen) atoms. The van der Waals surface area contributed by atoms with Crippen molar-refractivity contribution in [3.63, 3.8) is 0 Å². The molecular formula is C13H12BN5OS. The highest BCUT2D eigenvalue weighted by Crippen LogP contribution is 2.29. The van der Waals surface area contributed by atoms with Crippen LogP contribution in [0.25, 0.3) is 11.3 Å². The molecule has 0 amide bonds. The van der Waals surface area contributed by atoms with E-state index in [1.165, 1.54) is 11.3 Å². The summed E-state index contributed by atoms with van der Waals surface area (Å²) in [5.41, 5.74) is 2.12. The maximum atomic E-state index is 9.45. The number of nitriles is 1. The minimum Gasteiger partial charge on any atom is -0.564 e. The summed E-state index contributed by atoms with van der Waals surface area (Å²) in [6.07, 6.45) is 0. The van der Waals surface area contributed by atoms with Gasteiger partial charge >= 0.3 is 8.05 Å². The molecule has 0 atom stereocenters. The van der Waals surface area contributed by atoms with Crippen LogP contribution in [0.1, 0.15) is 32.8 Å². The Morgan fingerprint density at radius 3 is 2.33 bits per heavy atom. The van der Waals surface area contributed by atoms with E-state index < -0.39 is 0 Å². The molecule has 0 bridgehead atoms. The van der Waals surface area contributed by atoms with Crippen molar-refractivity contribution in [3.05, 3.63) is 32.8 Å². The summed E-state index contributed by atoms with van der Waals surface area (Å²) >= 11 is 1.49. The molecule has 6 nitrogen and oxygen atoms in total. The Balaban J connectivity index is 2.67. The number of hydrogen-bond acceptors (Lipinski definition) is 7. The van der Waals surface area contributed by atoms with Gasteiger partial charge in [-0.1, -0.05) is 0 Å². The van der Waals surface area contributed by atoms with Crippen molar-refractivity contribution in [1.82, 2.24) is 20.2 Å². The topological polar surface area (TPSA) is 84.6 Å². The maximum absolute atomic E-state index is 9.45. The van der Waals surface area contributed by atoms with Crippen LogP contribution in [0, 0.1) is 39.0 Å². The van der Waals surface area contributed by atoms with Gasteiger partial charge in [-0.2, -0.15) is 10.4 Å². The van der Waals surface area contributed by atoms with Gasteiger partial charge in [-0.15, -0.1) is 16.4 Å². The van der Waals surface area contributed by atoms with Crippen molar-refractivity contribution in [2.24, 2.45) is 0 Å². The van der Waals surface area contributed by atoms with Crippen molar-refractivity contribution in [3.8, 4) is 6.07 Å². The van der Waals surface area contributed by atoms with E-state index in [-0.39, 0.29) is 17.2 Å². The first-order chi connectivity index (χ1) is 9.97. The Hall–Kier alpha value is -2.27. The van der Waals surface area contributed by atoms with Crippen molar-refractivity contribution in [2.45, 2.75) is 27.7 Å². The zero-order chi connectivity index (χ0) is 15.6. The third kappa shape index (κ3) is 2.93. The number of nitrogens with zero attached hydrogens (tertiary/aromatic N) is 5. The summed E-state index contributed by atoms with van der Waals surface area (Å²) in [5, 5.41) is 18.2. The fraction of sp³-hybridized carbons (Fsp3) is 0.308. The first kappa shape index (κ1) is 15.1. The second-order valence-corrected chi connectivity index (χ2v) is 5.79. The van der Waals surface area contributed by atoms with Crippen molar-refractivity contribution >= 4 is 30.7 Å². The molecular weight excluding hydrogens is 285 g/mol. The average molecular weight is 297 g/mol. The zero-order valence-corrected chi connectivity index (χ0v) is 12.9. The quantitative estimate of drug-likeness (QED) is 0.490. The van der Waals surface area contributed by atoms with Crippen LogP contribution in [0.5, 0.6) is 0 Å². The molecule has 0 unspecified atom stereocenters. The fourth-order valence-electron chi connectivity index (χ4n) is 1.75. The lowest BCUT2D eigenvalue weighted by Gasteiger charge is -2.08. The fourth-order valence-corrected chi connectivity index (χ4v) is 2.57. The largest absolute Gasteiger partial charge is 0.564 e. The molecule has 0 aliphatic rings. The van der Waals surface area contributed by atoms with E-state index >= 15 is 0 Å². The van der Waals surface area contributed by atoms with Crippen LogP contribution in [0.2, 0.25) is 0 Å². The highest BCUT2D eigenvalue weighted by Gasteiger charge is 2.20. The third-order valence-corrected chi connectivity index (χ3v) is 3.78. The van der Waals surface area contributed by atoms with Crippen LogP contribution in [0.15, 0.2) is 0 Å². The highest BCUT2D eigenvalue weighted by atomic mass is 32.1. The summed E-state index contributed by atoms with van der Waals surface area (Å²) in [4.78, 5) is 9.50. The molecule has 2 heterocycles. The predicted octanol–water partition coefficient (Wildman–Crippen LogP) is 2.05. The van der Waals surface area contributed by atoms with Gasteiger partial charge in [0.1, 0.15) is 11.6 Å². The van der Waals surface area contributed by atoms with Crippen molar-refractivity contribution in [1.29, 1.82) is 5.26 Å². The molecule has 8 heteroatoms. The molecule has 0 saturated heterocycles. The Morgan fingerprint density at radius 1 is 1.14 bits per heavy atom. The lowest BCUT2D eigenvalue weighted by atomic mass is 10.1. The second-order valence-electron chi connectivity index (χ2n) is 4.38. The number of aryl methyl sites for hydroxylation is 4. The summed E-state index contributed by atoms with van der Waals surface area (Å²) in [5.74, 6) is 0.240. The molecule has 104 valence electrons. The van der Waals surface area contributed by atoms with E-state index in [2.05, 4.69) is 26.2 Å². The smallest absolute Gasteiger partial charge is 0.374 e. The summed E-state index contributed by atoms with van der Waals surface area (Å²) in [6, 6.07) is 2.07. The zero-order valence-electron chi connectivity index (χ0n) is 12.1. The third-order valence-electron chi connectivity index (χ3n) is 2.89. The normalized spacial score (nSPS) is 11.8. The predicted molar refractivity (Wildman–Crippen MR) is 80.2 cm³/mol. The SMILES string of the molecule is [B]OC(=C(C#N)c1nc(C)sc1C)c1nnc(C)c(C)n1. The van der Waals surface area contributed by atoms with Gasteiger partial charge in [0, 0.05) is 4.88 Å². The first-order valence-corrected chi connectivity index (χ1v) is 6.93. The van der Waals surface area contributed by atoms with Crippen molar-refractivity contribution in [2.75, 3.05) is 0 Å². The van der Waals surface area contributed by atoms with Crippen LogP contribution in [-0.4, -0.2) is 28.2 Å². The van der Waals surface area contributed by atoms with Crippen LogP contribution in [0.3, 0.4) is 0 Å². The highest BCUT2D eigenvalue weighted by molar-refractivity contribution is 7.11. The molecule has 0 aliphatic carbocycles. The molecule has 0 aliphatic heterocycles. The number of rotatable bonds is 3. The second kappa shape index (κ2) is 6.02. The first-order valence-electron chi connectivity index (χ1n) is 6.11. The molecule has 0 aromatic carbocycles. The number of hydrogen-bond donors (Lipinski definition) is 0. The van der Waals surface area contributed by atoms with E-state index in [1.54, 1.807) is 13.8 Å². The van der Waals surface area contributed by atoms with Crippen molar-refractivity contribution < 1.29 is 4.65 Å². The molecule has 0 saturated carbocycles. The number of thiazole rings is 1. The molecule has 2 aromatic rings. The lowest BCUT2D eigenvalue weighted by molar-refractivity contribution is 0.562. The van der Waals surface area contributed by atoms with Gasteiger partial charge in [0.25, 0.3) is 0 Å². The minimum atomic E-state index is 0.0708. The van der Waals surface area contributed by atoms with E-state index in [0.29, 0.717) is 17.1 Å². The molecule has 2 radical (unpaired) electrons. The molecule has 0 spiro atoms. The van der Waals surface area contributed by atoms with Gasteiger partial charge < -0.3 is 4.65 Å². The number of allylic oxidation sites excluding steroid dienone is 1. The summed E-state index contributed by atoms with van der Waals surface area (Å²) in [6.45, 7) is 7.34. The van der Waals surface area contributed by atoms with Crippen LogP contribution < -0.4 is 0 Å². The maximum Gasteiger partial charge on any atom is 0.374 e. The van der Waals surface area contributed by atoms with Gasteiger partial charge in [0.15, 0.2) is 5.76 Å². The Morgan fingerprint density at radius 2 is 1.86 bits per heavy atom. The molecule has 0 N–H and O–H groups in total. The minimum absolute atomic E-state index is 0.0708. The Labute approximate surface area is 128 Å². The van der Waals surface area contributed by atoms with Crippen LogP contribution in [-0.2, 0) is 4.65 Å². The van der Waals surface area contributed by atoms with Crippen LogP contribution in [0.4, 0.5) is 0 Å². The molecule has 2 aromatic heterocycles. The van der Waals surface area contributed by atoms with E-state index in [0.717, 1.165) is 9.88 Å². The Kier molecular flexibility index (Phi) is 4.33. The molecule has 0 fully saturated rings. The monoisotopic (exact) mass is 297 g/mol. The lowest BCUT2D eigenvalue weighted by Crippen LogP contribution is -2.05. The van der Waals surface area contributed by atoms with E-state index in [4.69, 9.17) is 12.7 Å². The van der Waals surface area contributed by atoms with Crippen LogP contribution >= 0.6 is 11.3 Å². The van der Waals surface area contributed by atoms with Gasteiger partial charge in [0.05, 0.1) is 22.1 Å². The van der Waals surface area contributed by atoms with E-state index in [9.17, 15) is 5.26 Å². The standard InChI is InChI=1S/C13H12BN5OS/c1-6-7(2)18-19-13(16-6)12(20-14)10(5-15)11-8(3)21-9(4)17-11/h1-4H3. The summed E-state index contributed by atoms with van der Waals surface area (Å²) < 4.78 is 4.86. The van der Waals surface area contributed by atoms with Gasteiger partial charge in [-0.05, 0) is 27.7 Å².